The standard InChI is InChI=1S/C20H30N2O/c1-20(21)12-6-5-11-18(20)19(23)22-13-7-10-17(15-22)14-16-8-3-2-4-9-16/h2-4,8-9,17-18H,5-7,10-15,21H2,1H3. The maximum absolute atomic E-state index is 13.0. The van der Waals surface area contributed by atoms with Gasteiger partial charge in [0.15, 0.2) is 0 Å². The SMILES string of the molecule is CC1(N)CCCCC1C(=O)N1CCCC(Cc2ccccc2)C1. The van der Waals surface area contributed by atoms with Crippen LogP contribution in [-0.2, 0) is 11.2 Å². The summed E-state index contributed by atoms with van der Waals surface area (Å²) in [6, 6.07) is 10.6. The molecule has 0 radical (unpaired) electrons. The average molecular weight is 314 g/mol. The number of amides is 1. The first-order valence-corrected chi connectivity index (χ1v) is 9.18. The lowest BCUT2D eigenvalue weighted by atomic mass is 9.73. The molecule has 1 saturated heterocycles. The Morgan fingerprint density at radius 1 is 1.22 bits per heavy atom. The number of carbonyl (C=O) groups is 1. The minimum absolute atomic E-state index is 0.0201. The van der Waals surface area contributed by atoms with Gasteiger partial charge < -0.3 is 10.6 Å². The Hall–Kier alpha value is -1.35. The molecule has 2 fully saturated rings. The smallest absolute Gasteiger partial charge is 0.227 e. The van der Waals surface area contributed by atoms with Crippen molar-refractivity contribution in [2.24, 2.45) is 17.6 Å². The largest absolute Gasteiger partial charge is 0.342 e. The number of nitrogens with zero attached hydrogens (tertiary/aromatic N) is 1. The normalized spacial score (nSPS) is 31.8. The van der Waals surface area contributed by atoms with E-state index in [0.717, 1.165) is 51.6 Å². The van der Waals surface area contributed by atoms with Crippen molar-refractivity contribution in [3.63, 3.8) is 0 Å². The molecule has 1 heterocycles. The molecular weight excluding hydrogens is 284 g/mol. The molecule has 3 unspecified atom stereocenters. The number of hydrogen-bond donors (Lipinski definition) is 1. The van der Waals surface area contributed by atoms with E-state index in [2.05, 4.69) is 42.2 Å². The van der Waals surface area contributed by atoms with Crippen molar-refractivity contribution >= 4 is 5.91 Å². The van der Waals surface area contributed by atoms with Crippen LogP contribution in [0.5, 0.6) is 0 Å². The summed E-state index contributed by atoms with van der Waals surface area (Å²) in [4.78, 5) is 15.1. The fraction of sp³-hybridized carbons (Fsp3) is 0.650. The first kappa shape index (κ1) is 16.5. The zero-order valence-electron chi connectivity index (χ0n) is 14.3. The fourth-order valence-electron chi connectivity index (χ4n) is 4.36. The maximum Gasteiger partial charge on any atom is 0.227 e. The van der Waals surface area contributed by atoms with Crippen LogP contribution in [0, 0.1) is 11.8 Å². The van der Waals surface area contributed by atoms with Crippen molar-refractivity contribution in [2.45, 2.75) is 57.4 Å². The second-order valence-corrected chi connectivity index (χ2v) is 7.79. The Bertz CT molecular complexity index is 526. The minimum atomic E-state index is -0.318. The van der Waals surface area contributed by atoms with Gasteiger partial charge >= 0.3 is 0 Å². The molecule has 3 rings (SSSR count). The Morgan fingerprint density at radius 2 is 2.00 bits per heavy atom. The molecule has 0 bridgehead atoms. The van der Waals surface area contributed by atoms with Crippen LogP contribution in [0.3, 0.4) is 0 Å². The summed E-state index contributed by atoms with van der Waals surface area (Å²) >= 11 is 0. The van der Waals surface area contributed by atoms with E-state index in [-0.39, 0.29) is 11.5 Å². The summed E-state index contributed by atoms with van der Waals surface area (Å²) in [6.07, 6.45) is 7.67. The van der Waals surface area contributed by atoms with E-state index in [1.807, 2.05) is 0 Å². The van der Waals surface area contributed by atoms with Gasteiger partial charge in [-0.3, -0.25) is 4.79 Å². The quantitative estimate of drug-likeness (QED) is 0.929. The maximum atomic E-state index is 13.0. The van der Waals surface area contributed by atoms with Crippen molar-refractivity contribution in [2.75, 3.05) is 13.1 Å². The van der Waals surface area contributed by atoms with Crippen molar-refractivity contribution in [3.05, 3.63) is 35.9 Å². The lowest BCUT2D eigenvalue weighted by Crippen LogP contribution is -2.55. The first-order valence-electron chi connectivity index (χ1n) is 9.18. The highest BCUT2D eigenvalue weighted by Crippen LogP contribution is 2.34. The second-order valence-electron chi connectivity index (χ2n) is 7.79. The number of rotatable bonds is 3. The highest BCUT2D eigenvalue weighted by Gasteiger charge is 2.40. The number of piperidine rings is 1. The summed E-state index contributed by atoms with van der Waals surface area (Å²) in [5, 5.41) is 0. The Kier molecular flexibility index (Phi) is 5.05. The van der Waals surface area contributed by atoms with Crippen molar-refractivity contribution in [3.8, 4) is 0 Å². The molecule has 0 spiro atoms. The third-order valence-electron chi connectivity index (χ3n) is 5.75. The first-order chi connectivity index (χ1) is 11.1. The van der Waals surface area contributed by atoms with Crippen molar-refractivity contribution in [1.29, 1.82) is 0 Å². The summed E-state index contributed by atoms with van der Waals surface area (Å²) in [7, 11) is 0. The molecule has 0 aromatic heterocycles. The monoisotopic (exact) mass is 314 g/mol. The number of likely N-dealkylation sites (tertiary alicyclic amines) is 1. The van der Waals surface area contributed by atoms with Gasteiger partial charge in [0.25, 0.3) is 0 Å². The van der Waals surface area contributed by atoms with Gasteiger partial charge in [-0.2, -0.15) is 0 Å². The van der Waals surface area contributed by atoms with E-state index in [1.165, 1.54) is 12.0 Å². The molecular formula is C20H30N2O. The van der Waals surface area contributed by atoms with Crippen molar-refractivity contribution in [1.82, 2.24) is 4.90 Å². The summed E-state index contributed by atoms with van der Waals surface area (Å²) in [6.45, 7) is 3.89. The molecule has 126 valence electrons. The molecule has 23 heavy (non-hydrogen) atoms. The van der Waals surface area contributed by atoms with Crippen LogP contribution in [0.4, 0.5) is 0 Å². The van der Waals surface area contributed by atoms with Crippen LogP contribution in [0.2, 0.25) is 0 Å². The van der Waals surface area contributed by atoms with E-state index in [9.17, 15) is 4.79 Å². The van der Waals surface area contributed by atoms with Gasteiger partial charge in [0, 0.05) is 18.6 Å². The summed E-state index contributed by atoms with van der Waals surface area (Å²) in [5.74, 6) is 0.918. The predicted molar refractivity (Wildman–Crippen MR) is 94.0 cm³/mol. The van der Waals surface area contributed by atoms with Gasteiger partial charge in [-0.15, -0.1) is 0 Å². The Morgan fingerprint density at radius 3 is 2.74 bits per heavy atom. The van der Waals surface area contributed by atoms with Gasteiger partial charge in [-0.1, -0.05) is 43.2 Å². The number of carbonyl (C=O) groups excluding carboxylic acids is 1. The molecule has 1 aliphatic carbocycles. The molecule has 1 aromatic carbocycles. The minimum Gasteiger partial charge on any atom is -0.342 e. The fourth-order valence-corrected chi connectivity index (χ4v) is 4.36. The zero-order chi connectivity index (χ0) is 16.3. The Balaban J connectivity index is 1.62. The molecule has 1 aromatic rings. The number of hydrogen-bond acceptors (Lipinski definition) is 2. The van der Waals surface area contributed by atoms with Gasteiger partial charge in [-0.05, 0) is 50.5 Å². The van der Waals surface area contributed by atoms with Gasteiger partial charge in [0.05, 0.1) is 5.92 Å². The van der Waals surface area contributed by atoms with Crippen LogP contribution in [-0.4, -0.2) is 29.4 Å². The molecule has 1 saturated carbocycles. The van der Waals surface area contributed by atoms with E-state index in [1.54, 1.807) is 0 Å². The van der Waals surface area contributed by atoms with Gasteiger partial charge in [0.1, 0.15) is 0 Å². The molecule has 2 aliphatic rings. The molecule has 3 heteroatoms. The van der Waals surface area contributed by atoms with Crippen LogP contribution in [0.25, 0.3) is 0 Å². The van der Waals surface area contributed by atoms with Crippen LogP contribution >= 0.6 is 0 Å². The van der Waals surface area contributed by atoms with E-state index in [0.29, 0.717) is 11.8 Å². The molecule has 1 aliphatic heterocycles. The Labute approximate surface area is 140 Å². The number of nitrogens with two attached hydrogens (primary N) is 1. The van der Waals surface area contributed by atoms with Crippen molar-refractivity contribution < 1.29 is 4.79 Å². The van der Waals surface area contributed by atoms with E-state index >= 15 is 0 Å². The third kappa shape index (κ3) is 3.95. The molecule has 1 amide bonds. The van der Waals surface area contributed by atoms with E-state index < -0.39 is 0 Å². The second kappa shape index (κ2) is 7.04. The van der Waals surface area contributed by atoms with Crippen LogP contribution in [0.1, 0.15) is 51.0 Å². The van der Waals surface area contributed by atoms with Gasteiger partial charge in [0.2, 0.25) is 5.91 Å². The molecule has 2 N–H and O–H groups in total. The zero-order valence-corrected chi connectivity index (χ0v) is 14.3. The highest BCUT2D eigenvalue weighted by atomic mass is 16.2. The van der Waals surface area contributed by atoms with E-state index in [4.69, 9.17) is 5.73 Å². The van der Waals surface area contributed by atoms with Crippen LogP contribution < -0.4 is 5.73 Å². The van der Waals surface area contributed by atoms with Crippen LogP contribution in [0.15, 0.2) is 30.3 Å². The van der Waals surface area contributed by atoms with Gasteiger partial charge in [-0.25, -0.2) is 0 Å². The summed E-state index contributed by atoms with van der Waals surface area (Å²) < 4.78 is 0. The molecule has 3 nitrogen and oxygen atoms in total. The lowest BCUT2D eigenvalue weighted by Gasteiger charge is -2.42. The summed E-state index contributed by atoms with van der Waals surface area (Å²) in [5.41, 5.74) is 7.51. The third-order valence-corrected chi connectivity index (χ3v) is 5.75. The highest BCUT2D eigenvalue weighted by molar-refractivity contribution is 5.80. The average Bonchev–Trinajstić information content (AvgIpc) is 2.55. The number of benzene rings is 1. The molecule has 3 atom stereocenters. The lowest BCUT2D eigenvalue weighted by molar-refractivity contribution is -0.140. The predicted octanol–water partition coefficient (Wildman–Crippen LogP) is 3.38. The topological polar surface area (TPSA) is 46.3 Å².